The van der Waals surface area contributed by atoms with E-state index in [4.69, 9.17) is 4.74 Å². The van der Waals surface area contributed by atoms with Crippen molar-refractivity contribution in [2.24, 2.45) is 0 Å². The third kappa shape index (κ3) is 6.68. The maximum Gasteiger partial charge on any atom is 0.298 e. The minimum atomic E-state index is 0.112. The van der Waals surface area contributed by atoms with Crippen LogP contribution in [0, 0.1) is 0 Å². The van der Waals surface area contributed by atoms with Gasteiger partial charge in [0.05, 0.1) is 0 Å². The number of benzene rings is 2. The average Bonchev–Trinajstić information content (AvgIpc) is 2.71. The van der Waals surface area contributed by atoms with Gasteiger partial charge in [0.2, 0.25) is 0 Å². The van der Waals surface area contributed by atoms with E-state index >= 15 is 0 Å². The van der Waals surface area contributed by atoms with Crippen LogP contribution in [0.25, 0.3) is 0 Å². The summed E-state index contributed by atoms with van der Waals surface area (Å²) in [6.45, 7) is 4.48. The Hall–Kier alpha value is -2.33. The first-order chi connectivity index (χ1) is 13.5. The van der Waals surface area contributed by atoms with E-state index in [1.807, 2.05) is 49.4 Å². The predicted molar refractivity (Wildman–Crippen MR) is 117 cm³/mol. The Morgan fingerprint density at radius 1 is 1.14 bits per heavy atom. The number of hydrogen-bond acceptors (Lipinski definition) is 3. The molecule has 0 saturated heterocycles. The Kier molecular flexibility index (Phi) is 9.02. The molecule has 0 heterocycles. The van der Waals surface area contributed by atoms with Gasteiger partial charge in [-0.1, -0.05) is 71.7 Å². The van der Waals surface area contributed by atoms with Gasteiger partial charge in [0.15, 0.2) is 0 Å². The highest BCUT2D eigenvalue weighted by atomic mass is 79.9. The molecule has 0 aromatic heterocycles. The largest absolute Gasteiger partial charge is 0.508 e. The Balaban J connectivity index is 2.24. The van der Waals surface area contributed by atoms with Crippen LogP contribution < -0.4 is 0 Å². The summed E-state index contributed by atoms with van der Waals surface area (Å²) in [6.07, 6.45) is 4.78. The summed E-state index contributed by atoms with van der Waals surface area (Å²) in [4.78, 5) is 10.9. The molecule has 4 heteroatoms. The molecule has 0 bridgehead atoms. The number of carbonyl (C=O) groups excluding carboxylic acids is 1. The first-order valence-corrected chi connectivity index (χ1v) is 10.3. The molecule has 148 valence electrons. The summed E-state index contributed by atoms with van der Waals surface area (Å²) in [5.74, 6) is 0.731. The normalized spacial score (nSPS) is 13.6. The van der Waals surface area contributed by atoms with E-state index in [-0.39, 0.29) is 11.7 Å². The molecule has 0 aliphatic rings. The SMILES string of the molecule is CCCC(/C(C)=C(O)/C=C(/CCc1ccccc1)OC=O)c1ccc(Br)cc1. The van der Waals surface area contributed by atoms with Gasteiger partial charge in [-0.15, -0.1) is 0 Å². The second kappa shape index (κ2) is 11.5. The molecule has 0 aliphatic carbocycles. The molecule has 1 unspecified atom stereocenters. The highest BCUT2D eigenvalue weighted by Crippen LogP contribution is 2.32. The molecule has 2 aromatic carbocycles. The number of hydrogen-bond donors (Lipinski definition) is 1. The van der Waals surface area contributed by atoms with E-state index in [1.54, 1.807) is 6.08 Å². The molecule has 0 fully saturated rings. The van der Waals surface area contributed by atoms with Crippen molar-refractivity contribution in [3.63, 3.8) is 0 Å². The number of aryl methyl sites for hydroxylation is 1. The van der Waals surface area contributed by atoms with Crippen molar-refractivity contribution in [3.8, 4) is 0 Å². The standard InChI is InChI=1S/C24H27BrO3/c1-3-7-23(20-11-13-21(25)14-12-20)18(2)24(27)16-22(28-17-26)15-10-19-8-5-4-6-9-19/h4-6,8-9,11-14,16-17,23,27H,3,7,10,15H2,1-2H3/b22-16-,24-18-. The highest BCUT2D eigenvalue weighted by Gasteiger charge is 2.16. The molecule has 28 heavy (non-hydrogen) atoms. The van der Waals surface area contributed by atoms with Gasteiger partial charge in [-0.2, -0.15) is 0 Å². The van der Waals surface area contributed by atoms with Crippen molar-refractivity contribution >= 4 is 22.4 Å². The van der Waals surface area contributed by atoms with Crippen LogP contribution in [0.15, 0.2) is 82.2 Å². The zero-order chi connectivity index (χ0) is 20.4. The van der Waals surface area contributed by atoms with Crippen LogP contribution >= 0.6 is 15.9 Å². The second-order valence-corrected chi connectivity index (χ2v) is 7.69. The van der Waals surface area contributed by atoms with Crippen LogP contribution in [0.3, 0.4) is 0 Å². The number of allylic oxidation sites excluding steroid dienone is 3. The highest BCUT2D eigenvalue weighted by molar-refractivity contribution is 9.10. The van der Waals surface area contributed by atoms with Crippen LogP contribution in [0.1, 0.15) is 50.2 Å². The fourth-order valence-electron chi connectivity index (χ4n) is 3.20. The number of carbonyl (C=O) groups is 1. The lowest BCUT2D eigenvalue weighted by atomic mass is 9.87. The Labute approximate surface area is 175 Å². The summed E-state index contributed by atoms with van der Waals surface area (Å²) in [5.41, 5.74) is 3.18. The maximum absolute atomic E-state index is 10.9. The van der Waals surface area contributed by atoms with Crippen molar-refractivity contribution in [3.05, 3.63) is 93.4 Å². The minimum Gasteiger partial charge on any atom is -0.508 e. The van der Waals surface area contributed by atoms with Crippen LogP contribution in [0.2, 0.25) is 0 Å². The van der Waals surface area contributed by atoms with E-state index in [9.17, 15) is 9.90 Å². The average molecular weight is 443 g/mol. The van der Waals surface area contributed by atoms with E-state index in [1.165, 1.54) is 0 Å². The zero-order valence-electron chi connectivity index (χ0n) is 16.4. The molecule has 1 atom stereocenters. The smallest absolute Gasteiger partial charge is 0.298 e. The molecule has 2 aromatic rings. The molecular formula is C24H27BrO3. The molecule has 0 saturated carbocycles. The quantitative estimate of drug-likeness (QED) is 0.248. The number of rotatable bonds is 10. The van der Waals surface area contributed by atoms with Crippen molar-refractivity contribution in [1.29, 1.82) is 0 Å². The summed E-state index contributed by atoms with van der Waals surface area (Å²) in [6, 6.07) is 18.2. The van der Waals surface area contributed by atoms with Gasteiger partial charge in [0, 0.05) is 22.9 Å². The summed E-state index contributed by atoms with van der Waals surface area (Å²) >= 11 is 3.47. The molecule has 0 spiro atoms. The van der Waals surface area contributed by atoms with Gasteiger partial charge < -0.3 is 9.84 Å². The lowest BCUT2D eigenvalue weighted by molar-refractivity contribution is -0.125. The minimum absolute atomic E-state index is 0.112. The van der Waals surface area contributed by atoms with Crippen LogP contribution in [-0.2, 0) is 16.0 Å². The molecular weight excluding hydrogens is 416 g/mol. The second-order valence-electron chi connectivity index (χ2n) is 6.77. The fraction of sp³-hybridized carbons (Fsp3) is 0.292. The lowest BCUT2D eigenvalue weighted by Gasteiger charge is -2.19. The monoisotopic (exact) mass is 442 g/mol. The number of ether oxygens (including phenoxy) is 1. The topological polar surface area (TPSA) is 46.5 Å². The van der Waals surface area contributed by atoms with E-state index in [0.717, 1.165) is 40.4 Å². The maximum atomic E-state index is 10.9. The van der Waals surface area contributed by atoms with Gasteiger partial charge in [-0.3, -0.25) is 4.79 Å². The van der Waals surface area contributed by atoms with Gasteiger partial charge in [-0.25, -0.2) is 0 Å². The lowest BCUT2D eigenvalue weighted by Crippen LogP contribution is -2.04. The van der Waals surface area contributed by atoms with Gasteiger partial charge >= 0.3 is 0 Å². The molecule has 2 rings (SSSR count). The van der Waals surface area contributed by atoms with Gasteiger partial charge in [0.1, 0.15) is 11.5 Å². The van der Waals surface area contributed by atoms with E-state index in [0.29, 0.717) is 18.7 Å². The third-order valence-corrected chi connectivity index (χ3v) is 5.31. The molecule has 1 N–H and O–H groups in total. The van der Waals surface area contributed by atoms with Crippen molar-refractivity contribution in [2.45, 2.75) is 45.4 Å². The number of halogens is 1. The first kappa shape index (κ1) is 22.0. The van der Waals surface area contributed by atoms with Gasteiger partial charge in [-0.05, 0) is 48.6 Å². The molecule has 0 radical (unpaired) electrons. The van der Waals surface area contributed by atoms with Crippen molar-refractivity contribution < 1.29 is 14.6 Å². The summed E-state index contributed by atoms with van der Waals surface area (Å²) < 4.78 is 6.15. The van der Waals surface area contributed by atoms with Crippen molar-refractivity contribution in [1.82, 2.24) is 0 Å². The predicted octanol–water partition coefficient (Wildman–Crippen LogP) is 6.85. The van der Waals surface area contributed by atoms with Crippen molar-refractivity contribution in [2.75, 3.05) is 0 Å². The zero-order valence-corrected chi connectivity index (χ0v) is 18.0. The molecule has 3 nitrogen and oxygen atoms in total. The molecule has 0 aliphatic heterocycles. The Morgan fingerprint density at radius 3 is 2.43 bits per heavy atom. The fourth-order valence-corrected chi connectivity index (χ4v) is 3.47. The number of aliphatic hydroxyl groups excluding tert-OH is 1. The number of aliphatic hydroxyl groups is 1. The third-order valence-electron chi connectivity index (χ3n) is 4.78. The Morgan fingerprint density at radius 2 is 1.82 bits per heavy atom. The van der Waals surface area contributed by atoms with E-state index < -0.39 is 0 Å². The van der Waals surface area contributed by atoms with Crippen LogP contribution in [-0.4, -0.2) is 11.6 Å². The summed E-state index contributed by atoms with van der Waals surface area (Å²) in [5, 5.41) is 10.7. The summed E-state index contributed by atoms with van der Waals surface area (Å²) in [7, 11) is 0. The first-order valence-electron chi connectivity index (χ1n) is 9.55. The Bertz CT molecular complexity index is 808. The van der Waals surface area contributed by atoms with Crippen LogP contribution in [0.5, 0.6) is 0 Å². The van der Waals surface area contributed by atoms with Crippen LogP contribution in [0.4, 0.5) is 0 Å². The molecule has 0 amide bonds. The van der Waals surface area contributed by atoms with E-state index in [2.05, 4.69) is 35.0 Å². The van der Waals surface area contributed by atoms with Gasteiger partial charge in [0.25, 0.3) is 6.47 Å².